The van der Waals surface area contributed by atoms with Gasteiger partial charge in [-0.2, -0.15) is 0 Å². The minimum atomic E-state index is -1.19. The highest BCUT2D eigenvalue weighted by atomic mass is 35.5. The van der Waals surface area contributed by atoms with Gasteiger partial charge in [0.15, 0.2) is 5.16 Å². The fourth-order valence-electron chi connectivity index (χ4n) is 3.06. The Balaban J connectivity index is 1.70. The fourth-order valence-corrected chi connectivity index (χ4v) is 3.86. The molecule has 0 radical (unpaired) electrons. The van der Waals surface area contributed by atoms with Gasteiger partial charge in [-0.25, -0.2) is 9.97 Å². The highest BCUT2D eigenvalue weighted by molar-refractivity contribution is 7.99. The van der Waals surface area contributed by atoms with Crippen LogP contribution in [0, 0.1) is 6.92 Å². The van der Waals surface area contributed by atoms with Gasteiger partial charge in [-0.1, -0.05) is 41.1 Å². The maximum Gasteiger partial charge on any atom is 0.254 e. The molecule has 0 unspecified atom stereocenters. The summed E-state index contributed by atoms with van der Waals surface area (Å²) < 4.78 is 0. The van der Waals surface area contributed by atoms with Crippen LogP contribution in [0.3, 0.4) is 0 Å². The Bertz CT molecular complexity index is 878. The van der Waals surface area contributed by atoms with Crippen molar-refractivity contribution in [1.82, 2.24) is 14.9 Å². The number of aliphatic carboxylic acids is 1. The molecule has 1 fully saturated rings. The molecule has 0 spiro atoms. The van der Waals surface area contributed by atoms with Gasteiger partial charge in [0.1, 0.15) is 11.0 Å². The number of thioether (sulfide) groups is 1. The number of carbonyl (C=O) groups is 2. The van der Waals surface area contributed by atoms with Crippen molar-refractivity contribution < 1.29 is 14.7 Å². The molecule has 1 saturated heterocycles. The van der Waals surface area contributed by atoms with Crippen molar-refractivity contribution in [3.63, 3.8) is 0 Å². The Labute approximate surface area is 172 Å². The van der Waals surface area contributed by atoms with Gasteiger partial charge >= 0.3 is 0 Å². The maximum absolute atomic E-state index is 12.8. The lowest BCUT2D eigenvalue weighted by Crippen LogP contribution is -2.54. The van der Waals surface area contributed by atoms with Crippen molar-refractivity contribution in [2.24, 2.45) is 0 Å². The number of aromatic nitrogens is 2. The SMILES string of the molecule is Cc1ccc(C(=O)N2CCN(c3cc(Cl)nc(SCC(=O)[O-])n3)C[C@@H]2C)cc1. The number of carboxylic acids is 1. The highest BCUT2D eigenvalue weighted by Gasteiger charge is 2.29. The lowest BCUT2D eigenvalue weighted by Gasteiger charge is -2.40. The third kappa shape index (κ3) is 4.94. The summed E-state index contributed by atoms with van der Waals surface area (Å²) in [6.45, 7) is 5.72. The van der Waals surface area contributed by atoms with E-state index in [1.807, 2.05) is 47.9 Å². The summed E-state index contributed by atoms with van der Waals surface area (Å²) in [5.74, 6) is -0.796. The van der Waals surface area contributed by atoms with E-state index in [1.165, 1.54) is 0 Å². The first-order valence-corrected chi connectivity index (χ1v) is 10.2. The number of halogens is 1. The molecule has 148 valence electrons. The monoisotopic (exact) mass is 419 g/mol. The quantitative estimate of drug-likeness (QED) is 0.413. The van der Waals surface area contributed by atoms with E-state index in [9.17, 15) is 14.7 Å². The van der Waals surface area contributed by atoms with E-state index in [2.05, 4.69) is 9.97 Å². The summed E-state index contributed by atoms with van der Waals surface area (Å²) in [7, 11) is 0. The van der Waals surface area contributed by atoms with Crippen molar-refractivity contribution >= 4 is 41.1 Å². The van der Waals surface area contributed by atoms with Crippen molar-refractivity contribution in [1.29, 1.82) is 0 Å². The van der Waals surface area contributed by atoms with Crippen LogP contribution in [0.25, 0.3) is 0 Å². The molecule has 2 heterocycles. The van der Waals surface area contributed by atoms with Gasteiger partial charge in [0, 0.05) is 43.1 Å². The topological polar surface area (TPSA) is 89.5 Å². The largest absolute Gasteiger partial charge is 0.549 e. The number of benzene rings is 1. The Morgan fingerprint density at radius 2 is 1.96 bits per heavy atom. The van der Waals surface area contributed by atoms with E-state index >= 15 is 0 Å². The number of carbonyl (C=O) groups excluding carboxylic acids is 2. The zero-order chi connectivity index (χ0) is 20.3. The minimum Gasteiger partial charge on any atom is -0.549 e. The standard InChI is InChI=1S/C19H21ClN4O3S/c1-12-3-5-14(6-4-12)18(27)24-8-7-23(10-13(24)2)16-9-15(20)21-19(22-16)28-11-17(25)26/h3-6,9,13H,7-8,10-11H2,1-2H3,(H,25,26)/p-1/t13-/m0/s1. The third-order valence-corrected chi connectivity index (χ3v) is 5.51. The molecular weight excluding hydrogens is 400 g/mol. The molecule has 28 heavy (non-hydrogen) atoms. The van der Waals surface area contributed by atoms with E-state index < -0.39 is 5.97 Å². The van der Waals surface area contributed by atoms with E-state index in [1.54, 1.807) is 6.07 Å². The van der Waals surface area contributed by atoms with Crippen LogP contribution in [-0.2, 0) is 4.79 Å². The number of carboxylic acid groups (broad SMARTS) is 1. The summed E-state index contributed by atoms with van der Waals surface area (Å²) in [6, 6.07) is 9.19. The number of amides is 1. The zero-order valence-electron chi connectivity index (χ0n) is 15.6. The summed E-state index contributed by atoms with van der Waals surface area (Å²) in [5, 5.41) is 11.2. The average Bonchev–Trinajstić information content (AvgIpc) is 2.66. The molecule has 0 bridgehead atoms. The van der Waals surface area contributed by atoms with Crippen LogP contribution < -0.4 is 10.0 Å². The minimum absolute atomic E-state index is 0.0121. The van der Waals surface area contributed by atoms with Crippen molar-refractivity contribution in [2.75, 3.05) is 30.3 Å². The second kappa shape index (κ2) is 8.79. The first-order chi connectivity index (χ1) is 13.3. The molecule has 0 aliphatic carbocycles. The molecule has 3 rings (SSSR count). The van der Waals surface area contributed by atoms with Crippen LogP contribution >= 0.6 is 23.4 Å². The second-order valence-corrected chi connectivity index (χ2v) is 7.98. The molecule has 0 N–H and O–H groups in total. The van der Waals surface area contributed by atoms with E-state index in [0.29, 0.717) is 31.0 Å². The molecule has 9 heteroatoms. The summed E-state index contributed by atoms with van der Waals surface area (Å²) in [6.07, 6.45) is 0. The number of piperazine rings is 1. The van der Waals surface area contributed by atoms with Crippen LogP contribution in [0.4, 0.5) is 5.82 Å². The molecule has 1 amide bonds. The Kier molecular flexibility index (Phi) is 6.41. The van der Waals surface area contributed by atoms with Crippen molar-refractivity contribution in [3.05, 3.63) is 46.6 Å². The van der Waals surface area contributed by atoms with Gasteiger partial charge in [-0.05, 0) is 26.0 Å². The normalized spacial score (nSPS) is 16.9. The number of anilines is 1. The molecular formula is C19H20ClN4O3S-. The van der Waals surface area contributed by atoms with Gasteiger partial charge < -0.3 is 19.7 Å². The van der Waals surface area contributed by atoms with E-state index in [0.717, 1.165) is 17.3 Å². The lowest BCUT2D eigenvalue weighted by atomic mass is 10.1. The Hall–Kier alpha value is -2.32. The smallest absolute Gasteiger partial charge is 0.254 e. The maximum atomic E-state index is 12.8. The third-order valence-electron chi connectivity index (χ3n) is 4.49. The van der Waals surface area contributed by atoms with Gasteiger partial charge in [0.25, 0.3) is 5.91 Å². The van der Waals surface area contributed by atoms with Gasteiger partial charge in [0.2, 0.25) is 0 Å². The van der Waals surface area contributed by atoms with Crippen LogP contribution in [0.2, 0.25) is 5.15 Å². The first kappa shape index (κ1) is 20.4. The van der Waals surface area contributed by atoms with E-state index in [-0.39, 0.29) is 28.0 Å². The zero-order valence-corrected chi connectivity index (χ0v) is 17.2. The number of aryl methyl sites for hydroxylation is 1. The van der Waals surface area contributed by atoms with Gasteiger partial charge in [-0.15, -0.1) is 0 Å². The van der Waals surface area contributed by atoms with Crippen molar-refractivity contribution in [2.45, 2.75) is 25.0 Å². The van der Waals surface area contributed by atoms with Crippen LogP contribution in [0.15, 0.2) is 35.5 Å². The fraction of sp³-hybridized carbons (Fsp3) is 0.368. The van der Waals surface area contributed by atoms with Gasteiger partial charge in [-0.3, -0.25) is 4.79 Å². The molecule has 1 aromatic carbocycles. The van der Waals surface area contributed by atoms with Crippen LogP contribution in [0.5, 0.6) is 0 Å². The second-order valence-electron chi connectivity index (χ2n) is 6.65. The van der Waals surface area contributed by atoms with E-state index in [4.69, 9.17) is 11.6 Å². The van der Waals surface area contributed by atoms with Crippen LogP contribution in [-0.4, -0.2) is 58.2 Å². The number of nitrogens with zero attached hydrogens (tertiary/aromatic N) is 4. The molecule has 1 aliphatic heterocycles. The number of hydrogen-bond acceptors (Lipinski definition) is 7. The highest BCUT2D eigenvalue weighted by Crippen LogP contribution is 2.24. The molecule has 1 aliphatic rings. The number of hydrogen-bond donors (Lipinski definition) is 0. The first-order valence-electron chi connectivity index (χ1n) is 8.83. The Morgan fingerprint density at radius 1 is 1.25 bits per heavy atom. The molecule has 7 nitrogen and oxygen atoms in total. The molecule has 2 aromatic rings. The Morgan fingerprint density at radius 3 is 2.61 bits per heavy atom. The predicted octanol–water partition coefficient (Wildman–Crippen LogP) is 1.63. The molecule has 1 atom stereocenters. The molecule has 1 aromatic heterocycles. The number of rotatable bonds is 5. The summed E-state index contributed by atoms with van der Waals surface area (Å²) >= 11 is 7.04. The van der Waals surface area contributed by atoms with Crippen molar-refractivity contribution in [3.8, 4) is 0 Å². The summed E-state index contributed by atoms with van der Waals surface area (Å²) in [5.41, 5.74) is 1.79. The average molecular weight is 420 g/mol. The predicted molar refractivity (Wildman–Crippen MR) is 107 cm³/mol. The van der Waals surface area contributed by atoms with Crippen LogP contribution in [0.1, 0.15) is 22.8 Å². The lowest BCUT2D eigenvalue weighted by molar-refractivity contribution is -0.301. The molecule has 0 saturated carbocycles. The summed E-state index contributed by atoms with van der Waals surface area (Å²) in [4.78, 5) is 35.8. The van der Waals surface area contributed by atoms with Gasteiger partial charge in [0.05, 0.1) is 5.97 Å².